The topological polar surface area (TPSA) is 81.7 Å². The van der Waals surface area contributed by atoms with E-state index in [0.717, 1.165) is 38.6 Å². The number of hydrogen-bond acceptors (Lipinski definition) is 3. The number of aliphatic hydroxyl groups is 1. The molecule has 0 aromatic rings. The summed E-state index contributed by atoms with van der Waals surface area (Å²) >= 11 is 0. The van der Waals surface area contributed by atoms with Crippen LogP contribution < -0.4 is 10.6 Å². The van der Waals surface area contributed by atoms with Crippen LogP contribution >= 0.6 is 0 Å². The first-order valence-corrected chi connectivity index (χ1v) is 9.71. The summed E-state index contributed by atoms with van der Waals surface area (Å²) < 4.78 is 0. The average molecular weight is 354 g/mol. The van der Waals surface area contributed by atoms with Crippen LogP contribution in [0.3, 0.4) is 0 Å². The Hall–Kier alpha value is -1.30. The summed E-state index contributed by atoms with van der Waals surface area (Å²) in [5.41, 5.74) is -0.264. The quantitative estimate of drug-likeness (QED) is 0.728. The van der Waals surface area contributed by atoms with Crippen molar-refractivity contribution in [2.75, 3.05) is 13.1 Å². The zero-order valence-electron chi connectivity index (χ0n) is 16.2. The minimum atomic E-state index is -0.329. The summed E-state index contributed by atoms with van der Waals surface area (Å²) in [6.45, 7) is 9.38. The van der Waals surface area contributed by atoms with Gasteiger partial charge in [-0.05, 0) is 65.7 Å². The molecule has 4 atom stereocenters. The first-order valence-electron chi connectivity index (χ1n) is 9.71. The van der Waals surface area contributed by atoms with E-state index in [1.54, 1.807) is 0 Å². The number of rotatable bonds is 3. The monoisotopic (exact) mass is 353 g/mol. The van der Waals surface area contributed by atoms with Gasteiger partial charge in [0, 0.05) is 30.6 Å². The third kappa shape index (κ3) is 6.17. The SMILES string of the molecule is C[C@H](NC(=O)NC(C)(C)C)[C@@H]1CCCN(C(=O)[C@H]2CCC[C@H](O)C2)C1. The molecule has 2 fully saturated rings. The first kappa shape index (κ1) is 20.0. The van der Waals surface area contributed by atoms with Gasteiger partial charge in [-0.2, -0.15) is 0 Å². The van der Waals surface area contributed by atoms with Gasteiger partial charge in [0.2, 0.25) is 5.91 Å². The Kier molecular flexibility index (Phi) is 6.72. The number of urea groups is 1. The number of nitrogens with one attached hydrogen (secondary N) is 2. The maximum absolute atomic E-state index is 12.8. The van der Waals surface area contributed by atoms with E-state index in [0.29, 0.717) is 13.0 Å². The van der Waals surface area contributed by atoms with Crippen molar-refractivity contribution in [1.29, 1.82) is 0 Å². The fourth-order valence-corrected chi connectivity index (χ4v) is 3.97. The highest BCUT2D eigenvalue weighted by molar-refractivity contribution is 5.79. The van der Waals surface area contributed by atoms with Crippen LogP contribution in [0.2, 0.25) is 0 Å². The van der Waals surface area contributed by atoms with Gasteiger partial charge < -0.3 is 20.6 Å². The van der Waals surface area contributed by atoms with Crippen molar-refractivity contribution < 1.29 is 14.7 Å². The highest BCUT2D eigenvalue weighted by Gasteiger charge is 2.33. The molecular formula is C19H35N3O3. The Morgan fingerprint density at radius 1 is 1.16 bits per heavy atom. The van der Waals surface area contributed by atoms with Crippen LogP contribution in [-0.2, 0) is 4.79 Å². The first-order chi connectivity index (χ1) is 11.7. The zero-order valence-corrected chi connectivity index (χ0v) is 16.2. The van der Waals surface area contributed by atoms with Crippen molar-refractivity contribution in [2.45, 2.75) is 83.9 Å². The van der Waals surface area contributed by atoms with E-state index >= 15 is 0 Å². The molecule has 1 aliphatic carbocycles. The molecule has 0 aromatic heterocycles. The fourth-order valence-electron chi connectivity index (χ4n) is 3.97. The highest BCUT2D eigenvalue weighted by atomic mass is 16.3. The predicted octanol–water partition coefficient (Wildman–Crippen LogP) is 2.26. The number of likely N-dealkylation sites (tertiary alicyclic amines) is 1. The molecule has 0 spiro atoms. The smallest absolute Gasteiger partial charge is 0.315 e. The standard InChI is InChI=1S/C19H35N3O3/c1-13(20-18(25)21-19(2,3)4)15-8-6-10-22(12-15)17(24)14-7-5-9-16(23)11-14/h13-16,23H,5-12H2,1-4H3,(H2,20,21,25)/t13-,14-,15+,16-/m0/s1. The van der Waals surface area contributed by atoms with E-state index < -0.39 is 0 Å². The van der Waals surface area contributed by atoms with Crippen molar-refractivity contribution in [3.8, 4) is 0 Å². The summed E-state index contributed by atoms with van der Waals surface area (Å²) in [4.78, 5) is 26.8. The molecule has 1 aliphatic heterocycles. The van der Waals surface area contributed by atoms with Crippen LogP contribution in [0, 0.1) is 11.8 Å². The number of amides is 3. The van der Waals surface area contributed by atoms with Gasteiger partial charge in [0.05, 0.1) is 6.10 Å². The highest BCUT2D eigenvalue weighted by Crippen LogP contribution is 2.28. The summed E-state index contributed by atoms with van der Waals surface area (Å²) in [5, 5.41) is 15.8. The Bertz CT molecular complexity index is 475. The minimum Gasteiger partial charge on any atom is -0.393 e. The van der Waals surface area contributed by atoms with Crippen LogP contribution in [0.4, 0.5) is 4.79 Å². The number of carbonyl (C=O) groups is 2. The Morgan fingerprint density at radius 3 is 2.52 bits per heavy atom. The number of carbonyl (C=O) groups excluding carboxylic acids is 2. The van der Waals surface area contributed by atoms with Crippen LogP contribution in [0.25, 0.3) is 0 Å². The maximum Gasteiger partial charge on any atom is 0.315 e. The minimum absolute atomic E-state index is 0.0231. The molecule has 6 nitrogen and oxygen atoms in total. The fraction of sp³-hybridized carbons (Fsp3) is 0.895. The third-order valence-corrected chi connectivity index (χ3v) is 5.32. The lowest BCUT2D eigenvalue weighted by Gasteiger charge is -2.39. The maximum atomic E-state index is 12.8. The van der Waals surface area contributed by atoms with Gasteiger partial charge in [-0.1, -0.05) is 6.42 Å². The normalized spacial score (nSPS) is 29.0. The Balaban J connectivity index is 1.87. The molecule has 3 N–H and O–H groups in total. The van der Waals surface area contributed by atoms with Crippen LogP contribution in [0.1, 0.15) is 66.2 Å². The van der Waals surface area contributed by atoms with E-state index in [9.17, 15) is 14.7 Å². The van der Waals surface area contributed by atoms with Crippen LogP contribution in [0.15, 0.2) is 0 Å². The summed E-state index contributed by atoms with van der Waals surface area (Å²) in [5.74, 6) is 0.432. The van der Waals surface area contributed by atoms with E-state index in [1.165, 1.54) is 0 Å². The van der Waals surface area contributed by atoms with Crippen molar-refractivity contribution in [1.82, 2.24) is 15.5 Å². The van der Waals surface area contributed by atoms with E-state index in [1.807, 2.05) is 32.6 Å². The second-order valence-electron chi connectivity index (χ2n) is 8.84. The van der Waals surface area contributed by atoms with E-state index in [-0.39, 0.29) is 41.5 Å². The second-order valence-corrected chi connectivity index (χ2v) is 8.84. The molecule has 2 aliphatic rings. The Morgan fingerprint density at radius 2 is 1.88 bits per heavy atom. The van der Waals surface area contributed by atoms with Gasteiger partial charge in [-0.15, -0.1) is 0 Å². The molecule has 1 heterocycles. The molecule has 2 rings (SSSR count). The molecule has 6 heteroatoms. The van der Waals surface area contributed by atoms with Gasteiger partial charge in [0.25, 0.3) is 0 Å². The second kappa shape index (κ2) is 8.39. The number of piperidine rings is 1. The summed E-state index contributed by atoms with van der Waals surface area (Å²) in [7, 11) is 0. The predicted molar refractivity (Wildman–Crippen MR) is 98.2 cm³/mol. The third-order valence-electron chi connectivity index (χ3n) is 5.32. The molecule has 25 heavy (non-hydrogen) atoms. The van der Waals surface area contributed by atoms with Gasteiger partial charge in [0.1, 0.15) is 0 Å². The number of aliphatic hydroxyl groups excluding tert-OH is 1. The number of nitrogens with zero attached hydrogens (tertiary/aromatic N) is 1. The van der Waals surface area contributed by atoms with Crippen LogP contribution in [-0.4, -0.2) is 52.7 Å². The summed E-state index contributed by atoms with van der Waals surface area (Å²) in [6.07, 6.45) is 4.90. The van der Waals surface area contributed by atoms with Crippen LogP contribution in [0.5, 0.6) is 0 Å². The molecular weight excluding hydrogens is 318 g/mol. The molecule has 0 bridgehead atoms. The van der Waals surface area contributed by atoms with Gasteiger partial charge in [-0.3, -0.25) is 4.79 Å². The zero-order chi connectivity index (χ0) is 18.6. The van der Waals surface area contributed by atoms with E-state index in [2.05, 4.69) is 10.6 Å². The van der Waals surface area contributed by atoms with Crippen molar-refractivity contribution in [3.05, 3.63) is 0 Å². The molecule has 0 aromatic carbocycles. The van der Waals surface area contributed by atoms with Gasteiger partial charge in [0.15, 0.2) is 0 Å². The van der Waals surface area contributed by atoms with Crippen molar-refractivity contribution in [3.63, 3.8) is 0 Å². The van der Waals surface area contributed by atoms with Crippen molar-refractivity contribution >= 4 is 11.9 Å². The van der Waals surface area contributed by atoms with Gasteiger partial charge in [-0.25, -0.2) is 4.79 Å². The molecule has 3 amide bonds. The lowest BCUT2D eigenvalue weighted by molar-refractivity contribution is -0.139. The van der Waals surface area contributed by atoms with Gasteiger partial charge >= 0.3 is 6.03 Å². The molecule has 0 radical (unpaired) electrons. The average Bonchev–Trinajstić information content (AvgIpc) is 2.52. The van der Waals surface area contributed by atoms with E-state index in [4.69, 9.17) is 0 Å². The molecule has 1 saturated heterocycles. The summed E-state index contributed by atoms with van der Waals surface area (Å²) in [6, 6.07) is -0.131. The van der Waals surface area contributed by atoms with Crippen molar-refractivity contribution in [2.24, 2.45) is 11.8 Å². The molecule has 0 unspecified atom stereocenters. The molecule has 144 valence electrons. The largest absolute Gasteiger partial charge is 0.393 e. The lowest BCUT2D eigenvalue weighted by atomic mass is 9.85. The Labute approximate surface area is 151 Å². The molecule has 1 saturated carbocycles. The lowest BCUT2D eigenvalue weighted by Crippen LogP contribution is -2.53. The number of hydrogen-bond donors (Lipinski definition) is 3.